The molecule has 1 fully saturated rings. The number of fused-ring (bicyclic) bond motifs is 1. The van der Waals surface area contributed by atoms with Crippen molar-refractivity contribution in [1.82, 2.24) is 14.9 Å². The van der Waals surface area contributed by atoms with E-state index in [1.54, 1.807) is 0 Å². The minimum atomic E-state index is 0.533. The summed E-state index contributed by atoms with van der Waals surface area (Å²) in [5.74, 6) is 2.21. The van der Waals surface area contributed by atoms with Crippen LogP contribution in [0, 0.1) is 5.92 Å². The van der Waals surface area contributed by atoms with Gasteiger partial charge in [0, 0.05) is 37.5 Å². The van der Waals surface area contributed by atoms with Crippen molar-refractivity contribution in [2.75, 3.05) is 6.54 Å². The Morgan fingerprint density at radius 3 is 2.73 bits per heavy atom. The van der Waals surface area contributed by atoms with Crippen molar-refractivity contribution in [3.05, 3.63) is 58.1 Å². The first-order chi connectivity index (χ1) is 10.7. The highest BCUT2D eigenvalue weighted by Crippen LogP contribution is 2.46. The van der Waals surface area contributed by atoms with Gasteiger partial charge in [0.2, 0.25) is 0 Å². The zero-order valence-electron chi connectivity index (χ0n) is 12.8. The van der Waals surface area contributed by atoms with E-state index in [9.17, 15) is 0 Å². The van der Waals surface area contributed by atoms with E-state index in [4.69, 9.17) is 16.6 Å². The Kier molecular flexibility index (Phi) is 3.63. The lowest BCUT2D eigenvalue weighted by molar-refractivity contribution is 0.242. The number of hydrogen-bond acceptors (Lipinski definition) is 3. The molecular formula is C18H20ClN3. The van der Waals surface area contributed by atoms with Crippen LogP contribution in [0.25, 0.3) is 0 Å². The number of rotatable bonds is 3. The molecule has 1 aliphatic heterocycles. The van der Waals surface area contributed by atoms with Gasteiger partial charge in [0.15, 0.2) is 0 Å². The molecule has 2 atom stereocenters. The standard InChI is InChI=1S/C18H20ClN3/c1-12-9-14(12)18-20-16-7-8-22(11-15(16)17(19)21-18)10-13-5-3-2-4-6-13/h2-6,12,14H,7-11H2,1H3. The fourth-order valence-corrected chi connectivity index (χ4v) is 3.53. The van der Waals surface area contributed by atoms with Crippen molar-refractivity contribution < 1.29 is 0 Å². The molecule has 4 heteroatoms. The van der Waals surface area contributed by atoms with Gasteiger partial charge >= 0.3 is 0 Å². The summed E-state index contributed by atoms with van der Waals surface area (Å²) in [7, 11) is 0. The molecule has 1 aromatic carbocycles. The molecule has 2 aliphatic rings. The first kappa shape index (κ1) is 14.2. The Hall–Kier alpha value is -1.45. The Bertz CT molecular complexity index is 686. The summed E-state index contributed by atoms with van der Waals surface area (Å²) in [5.41, 5.74) is 3.63. The summed E-state index contributed by atoms with van der Waals surface area (Å²) in [4.78, 5) is 11.8. The molecule has 22 heavy (non-hydrogen) atoms. The largest absolute Gasteiger partial charge is 0.294 e. The van der Waals surface area contributed by atoms with Crippen LogP contribution in [-0.2, 0) is 19.5 Å². The number of nitrogens with zero attached hydrogens (tertiary/aromatic N) is 3. The molecule has 0 saturated heterocycles. The second-order valence-electron chi connectivity index (χ2n) is 6.56. The lowest BCUT2D eigenvalue weighted by Gasteiger charge is -2.28. The van der Waals surface area contributed by atoms with Crippen LogP contribution in [0.3, 0.4) is 0 Å². The normalized spacial score (nSPS) is 24.1. The molecule has 1 saturated carbocycles. The number of halogens is 1. The molecule has 2 unspecified atom stereocenters. The monoisotopic (exact) mass is 313 g/mol. The summed E-state index contributed by atoms with van der Waals surface area (Å²) in [6.45, 7) is 5.10. The van der Waals surface area contributed by atoms with Gasteiger partial charge in [0.1, 0.15) is 11.0 Å². The van der Waals surface area contributed by atoms with Crippen molar-refractivity contribution in [2.45, 2.75) is 38.8 Å². The van der Waals surface area contributed by atoms with Gasteiger partial charge in [0.05, 0.1) is 5.69 Å². The summed E-state index contributed by atoms with van der Waals surface area (Å²) in [6.07, 6.45) is 2.17. The molecule has 0 bridgehead atoms. The van der Waals surface area contributed by atoms with Crippen LogP contribution in [0.15, 0.2) is 30.3 Å². The van der Waals surface area contributed by atoms with E-state index in [1.807, 2.05) is 0 Å². The van der Waals surface area contributed by atoms with E-state index in [-0.39, 0.29) is 0 Å². The first-order valence-electron chi connectivity index (χ1n) is 8.02. The highest BCUT2D eigenvalue weighted by atomic mass is 35.5. The second kappa shape index (κ2) is 5.64. The van der Waals surface area contributed by atoms with E-state index < -0.39 is 0 Å². The zero-order valence-corrected chi connectivity index (χ0v) is 13.6. The highest BCUT2D eigenvalue weighted by molar-refractivity contribution is 6.30. The smallest absolute Gasteiger partial charge is 0.137 e. The average Bonchev–Trinajstić information content (AvgIpc) is 3.26. The Balaban J connectivity index is 1.53. The van der Waals surface area contributed by atoms with Crippen molar-refractivity contribution in [2.24, 2.45) is 5.92 Å². The number of aromatic nitrogens is 2. The molecule has 2 heterocycles. The van der Waals surface area contributed by atoms with E-state index >= 15 is 0 Å². The second-order valence-corrected chi connectivity index (χ2v) is 6.92. The molecule has 1 aromatic heterocycles. The van der Waals surface area contributed by atoms with E-state index in [2.05, 4.69) is 47.1 Å². The molecule has 0 N–H and O–H groups in total. The van der Waals surface area contributed by atoms with Crippen LogP contribution in [-0.4, -0.2) is 21.4 Å². The van der Waals surface area contributed by atoms with E-state index in [1.165, 1.54) is 17.7 Å². The van der Waals surface area contributed by atoms with E-state index in [0.717, 1.165) is 37.4 Å². The third-order valence-electron chi connectivity index (χ3n) is 4.80. The third kappa shape index (κ3) is 2.75. The predicted octanol–water partition coefficient (Wildman–Crippen LogP) is 3.81. The maximum Gasteiger partial charge on any atom is 0.137 e. The summed E-state index contributed by atoms with van der Waals surface area (Å²) in [5, 5.41) is 0.664. The highest BCUT2D eigenvalue weighted by Gasteiger charge is 2.37. The van der Waals surface area contributed by atoms with Crippen LogP contribution in [0.2, 0.25) is 5.15 Å². The minimum Gasteiger partial charge on any atom is -0.294 e. The maximum atomic E-state index is 6.46. The molecule has 3 nitrogen and oxygen atoms in total. The fraction of sp³-hybridized carbons (Fsp3) is 0.444. The van der Waals surface area contributed by atoms with Gasteiger partial charge in [-0.2, -0.15) is 0 Å². The first-order valence-corrected chi connectivity index (χ1v) is 8.40. The molecule has 1 aliphatic carbocycles. The summed E-state index contributed by atoms with van der Waals surface area (Å²) < 4.78 is 0. The van der Waals surface area contributed by atoms with Gasteiger partial charge in [-0.1, -0.05) is 48.9 Å². The van der Waals surface area contributed by atoms with Crippen LogP contribution < -0.4 is 0 Å². The molecule has 0 amide bonds. The predicted molar refractivity (Wildman–Crippen MR) is 87.8 cm³/mol. The lowest BCUT2D eigenvalue weighted by atomic mass is 10.1. The van der Waals surface area contributed by atoms with Crippen LogP contribution in [0.4, 0.5) is 0 Å². The minimum absolute atomic E-state index is 0.533. The SMILES string of the molecule is CC1CC1c1nc(Cl)c2c(n1)CCN(Cc1ccccc1)C2. The van der Waals surface area contributed by atoms with Crippen LogP contribution in [0.5, 0.6) is 0 Å². The molecule has 0 radical (unpaired) electrons. The van der Waals surface area contributed by atoms with Gasteiger partial charge in [-0.25, -0.2) is 9.97 Å². The van der Waals surface area contributed by atoms with E-state index in [0.29, 0.717) is 17.0 Å². The quantitative estimate of drug-likeness (QED) is 0.807. The van der Waals surface area contributed by atoms with Crippen molar-refractivity contribution in [3.8, 4) is 0 Å². The van der Waals surface area contributed by atoms with Gasteiger partial charge in [0.25, 0.3) is 0 Å². The molecule has 4 rings (SSSR count). The van der Waals surface area contributed by atoms with Gasteiger partial charge in [-0.05, 0) is 17.9 Å². The molecular weight excluding hydrogens is 294 g/mol. The Morgan fingerprint density at radius 2 is 2.00 bits per heavy atom. The Labute approximate surface area is 136 Å². The average molecular weight is 314 g/mol. The topological polar surface area (TPSA) is 29.0 Å². The number of hydrogen-bond donors (Lipinski definition) is 0. The summed E-state index contributed by atoms with van der Waals surface area (Å²) in [6, 6.07) is 10.6. The molecule has 0 spiro atoms. The van der Waals surface area contributed by atoms with Crippen molar-refractivity contribution >= 4 is 11.6 Å². The van der Waals surface area contributed by atoms with Crippen molar-refractivity contribution in [3.63, 3.8) is 0 Å². The third-order valence-corrected chi connectivity index (χ3v) is 5.11. The van der Waals surface area contributed by atoms with Gasteiger partial charge in [-0.15, -0.1) is 0 Å². The molecule has 2 aromatic rings. The molecule has 114 valence electrons. The van der Waals surface area contributed by atoms with Crippen molar-refractivity contribution in [1.29, 1.82) is 0 Å². The van der Waals surface area contributed by atoms with Crippen LogP contribution >= 0.6 is 11.6 Å². The van der Waals surface area contributed by atoms with Gasteiger partial charge < -0.3 is 0 Å². The zero-order chi connectivity index (χ0) is 15.1. The fourth-order valence-electron chi connectivity index (χ4n) is 3.27. The number of benzene rings is 1. The van der Waals surface area contributed by atoms with Gasteiger partial charge in [-0.3, -0.25) is 4.90 Å². The maximum absolute atomic E-state index is 6.46. The Morgan fingerprint density at radius 1 is 1.23 bits per heavy atom. The van der Waals surface area contributed by atoms with Crippen LogP contribution in [0.1, 0.15) is 41.9 Å². The lowest BCUT2D eigenvalue weighted by Crippen LogP contribution is -2.31. The summed E-state index contributed by atoms with van der Waals surface area (Å²) >= 11 is 6.46.